The van der Waals surface area contributed by atoms with Crippen molar-refractivity contribution in [3.63, 3.8) is 0 Å². The Balaban J connectivity index is 3.39. The van der Waals surface area contributed by atoms with E-state index in [9.17, 15) is 17.6 Å². The molecule has 49 valence electrons. The predicted octanol–water partition coefficient (Wildman–Crippen LogP) is 2.83. The first-order chi connectivity index (χ1) is 3.42. The van der Waals surface area contributed by atoms with Crippen LogP contribution in [0.1, 0.15) is 6.42 Å². The SMILES string of the molecule is F[C](I)CC(F)(F)F. The van der Waals surface area contributed by atoms with E-state index in [-0.39, 0.29) is 0 Å². The van der Waals surface area contributed by atoms with Gasteiger partial charge in [0.25, 0.3) is 0 Å². The van der Waals surface area contributed by atoms with E-state index in [1.807, 2.05) is 0 Å². The van der Waals surface area contributed by atoms with Crippen LogP contribution in [-0.2, 0) is 0 Å². The minimum atomic E-state index is -4.40. The molecule has 0 atom stereocenters. The molecular formula is C3H2F4I. The lowest BCUT2D eigenvalue weighted by molar-refractivity contribution is -0.131. The first-order valence-electron chi connectivity index (χ1n) is 1.65. The second kappa shape index (κ2) is 2.84. The maximum atomic E-state index is 11.4. The second-order valence-electron chi connectivity index (χ2n) is 1.13. The molecule has 1 radical (unpaired) electrons. The summed E-state index contributed by atoms with van der Waals surface area (Å²) < 4.78 is 43.4. The van der Waals surface area contributed by atoms with Gasteiger partial charge in [0.2, 0.25) is 4.18 Å². The molecule has 0 aromatic rings. The molecule has 0 fully saturated rings. The molecule has 0 rings (SSSR count). The highest BCUT2D eigenvalue weighted by Crippen LogP contribution is 2.30. The highest BCUT2D eigenvalue weighted by atomic mass is 127. The van der Waals surface area contributed by atoms with Crippen LogP contribution in [0.25, 0.3) is 0 Å². The van der Waals surface area contributed by atoms with E-state index in [4.69, 9.17) is 0 Å². The molecule has 0 aliphatic rings. The number of halogens is 5. The molecule has 0 saturated carbocycles. The Morgan fingerprint density at radius 2 is 1.75 bits per heavy atom. The Hall–Kier alpha value is 0.450. The summed E-state index contributed by atoms with van der Waals surface area (Å²) >= 11 is 0.998. The van der Waals surface area contributed by atoms with Crippen LogP contribution in [0.5, 0.6) is 0 Å². The smallest absolute Gasteiger partial charge is 0.228 e. The van der Waals surface area contributed by atoms with Crippen molar-refractivity contribution in [2.75, 3.05) is 0 Å². The van der Waals surface area contributed by atoms with Crippen LogP contribution < -0.4 is 0 Å². The van der Waals surface area contributed by atoms with Crippen molar-refractivity contribution in [2.24, 2.45) is 0 Å². The van der Waals surface area contributed by atoms with Crippen molar-refractivity contribution < 1.29 is 17.6 Å². The Morgan fingerprint density at radius 1 is 1.38 bits per heavy atom. The van der Waals surface area contributed by atoms with Crippen LogP contribution in [0.15, 0.2) is 0 Å². The maximum Gasteiger partial charge on any atom is 0.393 e. The Labute approximate surface area is 57.4 Å². The number of alkyl halides is 3. The van der Waals surface area contributed by atoms with Crippen LogP contribution in [0.2, 0.25) is 0 Å². The maximum absolute atomic E-state index is 11.4. The van der Waals surface area contributed by atoms with Gasteiger partial charge in [-0.3, -0.25) is 0 Å². The van der Waals surface area contributed by atoms with E-state index < -0.39 is 16.8 Å². The van der Waals surface area contributed by atoms with E-state index >= 15 is 0 Å². The summed E-state index contributed by atoms with van der Waals surface area (Å²) in [6, 6.07) is 0. The second-order valence-corrected chi connectivity index (χ2v) is 2.30. The molecule has 0 unspecified atom stereocenters. The van der Waals surface area contributed by atoms with E-state index in [0.717, 1.165) is 22.6 Å². The number of hydrogen-bond donors (Lipinski definition) is 0. The van der Waals surface area contributed by atoms with Crippen molar-refractivity contribution in [2.45, 2.75) is 12.6 Å². The fraction of sp³-hybridized carbons (Fsp3) is 0.667. The van der Waals surface area contributed by atoms with Gasteiger partial charge in [0.1, 0.15) is 0 Å². The molecule has 0 bridgehead atoms. The number of hydrogen-bond acceptors (Lipinski definition) is 0. The lowest BCUT2D eigenvalue weighted by Crippen LogP contribution is -2.07. The molecular weight excluding hydrogens is 239 g/mol. The summed E-state index contributed by atoms with van der Waals surface area (Å²) in [7, 11) is 0. The summed E-state index contributed by atoms with van der Waals surface area (Å²) in [4.78, 5) is 0. The standard InChI is InChI=1S/C3H2F4I/c4-2(8)1-3(5,6)7/h1H2. The summed E-state index contributed by atoms with van der Waals surface area (Å²) in [5.74, 6) is 0. The zero-order valence-electron chi connectivity index (χ0n) is 3.60. The average Bonchev–Trinajstić information content (AvgIpc) is 1.21. The van der Waals surface area contributed by atoms with Crippen molar-refractivity contribution in [3.8, 4) is 0 Å². The molecule has 0 amide bonds. The minimum absolute atomic E-state index is 0.998. The Morgan fingerprint density at radius 3 is 1.75 bits per heavy atom. The number of rotatable bonds is 1. The van der Waals surface area contributed by atoms with Crippen LogP contribution in [0.3, 0.4) is 0 Å². The molecule has 0 aliphatic heterocycles. The van der Waals surface area contributed by atoms with Gasteiger partial charge in [0.05, 0.1) is 6.42 Å². The third-order valence-corrected chi connectivity index (χ3v) is 0.715. The first-order valence-corrected chi connectivity index (χ1v) is 2.73. The fourth-order valence-electron chi connectivity index (χ4n) is 0.152. The Bertz CT molecular complexity index is 66.2. The highest BCUT2D eigenvalue weighted by molar-refractivity contribution is 14.1. The monoisotopic (exact) mass is 241 g/mol. The average molecular weight is 241 g/mol. The fourth-order valence-corrected chi connectivity index (χ4v) is 0.584. The largest absolute Gasteiger partial charge is 0.393 e. The molecule has 0 N–H and O–H groups in total. The molecule has 0 aliphatic carbocycles. The summed E-state index contributed by atoms with van der Waals surface area (Å²) in [6.45, 7) is 0. The van der Waals surface area contributed by atoms with Crippen LogP contribution in [0, 0.1) is 4.18 Å². The van der Waals surface area contributed by atoms with Crippen LogP contribution >= 0.6 is 22.6 Å². The van der Waals surface area contributed by atoms with Crippen LogP contribution in [-0.4, -0.2) is 6.18 Å². The third-order valence-electron chi connectivity index (χ3n) is 0.334. The predicted molar refractivity (Wildman–Crippen MR) is 29.0 cm³/mol. The molecule has 0 heterocycles. The lowest BCUT2D eigenvalue weighted by atomic mass is 10.5. The molecule has 8 heavy (non-hydrogen) atoms. The van der Waals surface area contributed by atoms with Gasteiger partial charge in [-0.2, -0.15) is 13.2 Å². The van der Waals surface area contributed by atoms with Crippen molar-refractivity contribution in [1.82, 2.24) is 0 Å². The first kappa shape index (κ1) is 8.45. The van der Waals surface area contributed by atoms with Gasteiger partial charge in [0.15, 0.2) is 0 Å². The molecule has 0 spiro atoms. The van der Waals surface area contributed by atoms with Gasteiger partial charge in [-0.15, -0.1) is 0 Å². The topological polar surface area (TPSA) is 0 Å². The zero-order valence-corrected chi connectivity index (χ0v) is 5.75. The van der Waals surface area contributed by atoms with Gasteiger partial charge < -0.3 is 0 Å². The van der Waals surface area contributed by atoms with Gasteiger partial charge in [0, 0.05) is 0 Å². The zero-order chi connectivity index (χ0) is 6.78. The highest BCUT2D eigenvalue weighted by Gasteiger charge is 2.31. The molecule has 5 heteroatoms. The lowest BCUT2D eigenvalue weighted by Gasteiger charge is -2.02. The van der Waals surface area contributed by atoms with E-state index in [1.54, 1.807) is 0 Å². The van der Waals surface area contributed by atoms with Crippen LogP contribution in [0.4, 0.5) is 17.6 Å². The summed E-state index contributed by atoms with van der Waals surface area (Å²) in [6.07, 6.45) is -5.83. The quantitative estimate of drug-likeness (QED) is 0.489. The molecule has 0 aromatic heterocycles. The summed E-state index contributed by atoms with van der Waals surface area (Å²) in [5, 5.41) is 0. The van der Waals surface area contributed by atoms with E-state index in [1.165, 1.54) is 0 Å². The van der Waals surface area contributed by atoms with E-state index in [2.05, 4.69) is 0 Å². The third kappa shape index (κ3) is 6.45. The Kier molecular flexibility index (Phi) is 3.00. The molecule has 0 aromatic carbocycles. The van der Waals surface area contributed by atoms with Gasteiger partial charge in [-0.1, -0.05) is 0 Å². The van der Waals surface area contributed by atoms with Crippen molar-refractivity contribution >= 4 is 22.6 Å². The van der Waals surface area contributed by atoms with Crippen molar-refractivity contribution in [1.29, 1.82) is 0 Å². The molecule has 0 saturated heterocycles. The van der Waals surface area contributed by atoms with Gasteiger partial charge >= 0.3 is 6.18 Å². The summed E-state index contributed by atoms with van der Waals surface area (Å²) in [5.41, 5.74) is 0. The molecule has 0 nitrogen and oxygen atoms in total. The van der Waals surface area contributed by atoms with E-state index in [0.29, 0.717) is 0 Å². The van der Waals surface area contributed by atoms with Crippen molar-refractivity contribution in [3.05, 3.63) is 4.18 Å². The minimum Gasteiger partial charge on any atom is -0.228 e. The van der Waals surface area contributed by atoms with Gasteiger partial charge in [-0.05, 0) is 22.6 Å². The normalized spacial score (nSPS) is 12.8. The van der Waals surface area contributed by atoms with Gasteiger partial charge in [-0.25, -0.2) is 4.39 Å².